The monoisotopic (exact) mass is 335 g/mol. The Bertz CT molecular complexity index is 828. The Hall–Kier alpha value is -3.08. The zero-order chi connectivity index (χ0) is 17.4. The molecule has 0 spiro atoms. The zero-order valence-electron chi connectivity index (χ0n) is 13.5. The van der Waals surface area contributed by atoms with Gasteiger partial charge in [-0.3, -0.25) is 4.90 Å². The van der Waals surface area contributed by atoms with Crippen LogP contribution in [0.3, 0.4) is 0 Å². The van der Waals surface area contributed by atoms with Gasteiger partial charge in [0, 0.05) is 12.5 Å². The highest BCUT2D eigenvalue weighted by Gasteiger charge is 2.33. The van der Waals surface area contributed by atoms with Crippen LogP contribution in [0.25, 0.3) is 11.1 Å². The van der Waals surface area contributed by atoms with Crippen molar-refractivity contribution in [3.8, 4) is 11.1 Å². The third kappa shape index (κ3) is 2.58. The molecule has 0 radical (unpaired) electrons. The Kier molecular flexibility index (Phi) is 3.76. The molecule has 0 saturated heterocycles. The number of carboxylic acids is 1. The molecule has 1 atom stereocenters. The second-order valence-corrected chi connectivity index (χ2v) is 6.17. The summed E-state index contributed by atoms with van der Waals surface area (Å²) < 4.78 is 5.49. The molecule has 0 aromatic heterocycles. The number of nitrogens with zero attached hydrogens (tertiary/aromatic N) is 1. The second kappa shape index (κ2) is 6.09. The Balaban J connectivity index is 1.54. The highest BCUT2D eigenvalue weighted by atomic mass is 16.6. The van der Waals surface area contributed by atoms with E-state index in [4.69, 9.17) is 4.74 Å². The molecule has 126 valence electrons. The summed E-state index contributed by atoms with van der Waals surface area (Å²) in [7, 11) is 0. The normalized spacial score (nSPS) is 18.1. The molecule has 4 rings (SSSR count). The van der Waals surface area contributed by atoms with Crippen LogP contribution in [-0.2, 0) is 9.53 Å². The van der Waals surface area contributed by atoms with Crippen molar-refractivity contribution < 1.29 is 19.4 Å². The molecule has 0 saturated carbocycles. The third-order valence-corrected chi connectivity index (χ3v) is 4.78. The van der Waals surface area contributed by atoms with E-state index in [9.17, 15) is 14.7 Å². The number of rotatable bonds is 3. The van der Waals surface area contributed by atoms with Crippen molar-refractivity contribution in [1.82, 2.24) is 4.90 Å². The van der Waals surface area contributed by atoms with Gasteiger partial charge < -0.3 is 9.84 Å². The molecule has 0 fully saturated rings. The average molecular weight is 335 g/mol. The summed E-state index contributed by atoms with van der Waals surface area (Å²) in [6.45, 7) is 0.448. The number of carbonyl (C=O) groups excluding carboxylic acids is 1. The minimum absolute atomic E-state index is 0.0322. The summed E-state index contributed by atoms with van der Waals surface area (Å²) in [5.41, 5.74) is 4.58. The lowest BCUT2D eigenvalue weighted by Gasteiger charge is -2.22. The first kappa shape index (κ1) is 15.4. The van der Waals surface area contributed by atoms with Crippen LogP contribution in [0, 0.1) is 0 Å². The molecule has 2 aromatic rings. The number of hydrogen-bond donors (Lipinski definition) is 1. The van der Waals surface area contributed by atoms with Gasteiger partial charge in [-0.2, -0.15) is 0 Å². The number of hydrogen-bond acceptors (Lipinski definition) is 3. The van der Waals surface area contributed by atoms with Crippen molar-refractivity contribution in [3.05, 3.63) is 71.8 Å². The van der Waals surface area contributed by atoms with Crippen LogP contribution in [0.4, 0.5) is 4.79 Å². The summed E-state index contributed by atoms with van der Waals surface area (Å²) in [5.74, 6) is -1.09. The second-order valence-electron chi connectivity index (χ2n) is 6.17. The number of benzene rings is 2. The van der Waals surface area contributed by atoms with Crippen LogP contribution >= 0.6 is 0 Å². The van der Waals surface area contributed by atoms with Crippen LogP contribution in [-0.4, -0.2) is 41.3 Å². The molecule has 5 nitrogen and oxygen atoms in total. The van der Waals surface area contributed by atoms with Gasteiger partial charge in [-0.25, -0.2) is 9.59 Å². The number of ether oxygens (including phenoxy) is 1. The first-order valence-electron chi connectivity index (χ1n) is 8.18. The Labute approximate surface area is 145 Å². The van der Waals surface area contributed by atoms with Crippen LogP contribution in [0.15, 0.2) is 60.7 Å². The fourth-order valence-electron chi connectivity index (χ4n) is 3.60. The van der Waals surface area contributed by atoms with Crippen LogP contribution < -0.4 is 0 Å². The molecule has 1 N–H and O–H groups in total. The summed E-state index contributed by atoms with van der Waals surface area (Å²) in [4.78, 5) is 24.8. The highest BCUT2D eigenvalue weighted by Crippen LogP contribution is 2.44. The van der Waals surface area contributed by atoms with Gasteiger partial charge in [-0.05, 0) is 22.3 Å². The number of fused-ring (bicyclic) bond motifs is 3. The number of aliphatic carboxylic acids is 1. The van der Waals surface area contributed by atoms with Crippen molar-refractivity contribution in [1.29, 1.82) is 0 Å². The van der Waals surface area contributed by atoms with E-state index in [2.05, 4.69) is 12.1 Å². The minimum atomic E-state index is -1.05. The van der Waals surface area contributed by atoms with Crippen molar-refractivity contribution in [3.63, 3.8) is 0 Å². The van der Waals surface area contributed by atoms with Crippen LogP contribution in [0.1, 0.15) is 17.0 Å². The van der Waals surface area contributed by atoms with E-state index in [1.165, 1.54) is 11.0 Å². The van der Waals surface area contributed by atoms with E-state index in [0.717, 1.165) is 22.3 Å². The fraction of sp³-hybridized carbons (Fsp3) is 0.200. The van der Waals surface area contributed by atoms with E-state index in [1.54, 1.807) is 6.08 Å². The van der Waals surface area contributed by atoms with E-state index >= 15 is 0 Å². The van der Waals surface area contributed by atoms with Gasteiger partial charge in [-0.15, -0.1) is 0 Å². The van der Waals surface area contributed by atoms with E-state index in [0.29, 0.717) is 0 Å². The molecule has 1 aliphatic carbocycles. The van der Waals surface area contributed by atoms with Crippen molar-refractivity contribution in [2.24, 2.45) is 0 Å². The average Bonchev–Trinajstić information content (AvgIpc) is 3.23. The molecule has 2 aromatic carbocycles. The summed E-state index contributed by atoms with van der Waals surface area (Å²) >= 11 is 0. The van der Waals surface area contributed by atoms with E-state index in [-0.39, 0.29) is 19.1 Å². The molecule has 1 heterocycles. The number of carboxylic acid groups (broad SMARTS) is 1. The molecular weight excluding hydrogens is 318 g/mol. The summed E-state index contributed by atoms with van der Waals surface area (Å²) in [6.07, 6.45) is 2.57. The Morgan fingerprint density at radius 3 is 2.24 bits per heavy atom. The van der Waals surface area contributed by atoms with E-state index in [1.807, 2.05) is 36.4 Å². The molecule has 0 unspecified atom stereocenters. The van der Waals surface area contributed by atoms with Gasteiger partial charge in [-0.1, -0.05) is 60.7 Å². The first-order valence-corrected chi connectivity index (χ1v) is 8.18. The molecule has 25 heavy (non-hydrogen) atoms. The maximum atomic E-state index is 12.3. The summed E-state index contributed by atoms with van der Waals surface area (Å²) in [5, 5.41) is 9.17. The SMILES string of the molecule is O=C(O)[C@H]1C=CCN1C(=O)OCC1c2ccccc2-c2ccccc21. The first-order chi connectivity index (χ1) is 12.2. The quantitative estimate of drug-likeness (QED) is 0.874. The van der Waals surface area contributed by atoms with Crippen LogP contribution in [0.2, 0.25) is 0 Å². The lowest BCUT2D eigenvalue weighted by atomic mass is 9.98. The predicted molar refractivity (Wildman–Crippen MR) is 92.3 cm³/mol. The van der Waals surface area contributed by atoms with Gasteiger partial charge >= 0.3 is 12.1 Å². The van der Waals surface area contributed by atoms with Gasteiger partial charge in [0.05, 0.1) is 0 Å². The number of carbonyl (C=O) groups is 2. The molecule has 0 bridgehead atoms. The largest absolute Gasteiger partial charge is 0.479 e. The maximum absolute atomic E-state index is 12.3. The molecule has 1 amide bonds. The van der Waals surface area contributed by atoms with Crippen molar-refractivity contribution in [2.75, 3.05) is 13.2 Å². The van der Waals surface area contributed by atoms with Crippen molar-refractivity contribution >= 4 is 12.1 Å². The fourth-order valence-corrected chi connectivity index (χ4v) is 3.60. The lowest BCUT2D eigenvalue weighted by Crippen LogP contribution is -2.41. The van der Waals surface area contributed by atoms with Gasteiger partial charge in [0.2, 0.25) is 0 Å². The highest BCUT2D eigenvalue weighted by molar-refractivity contribution is 5.83. The molecule has 2 aliphatic rings. The standard InChI is InChI=1S/C20H17NO4/c22-19(23)18-10-5-11-21(18)20(24)25-12-17-15-8-3-1-6-13(15)14-7-2-4-9-16(14)17/h1-10,17-18H,11-12H2,(H,22,23)/t18-/m1/s1. The Morgan fingerprint density at radius 2 is 1.64 bits per heavy atom. The molecular formula is C20H17NO4. The number of amides is 1. The predicted octanol–water partition coefficient (Wildman–Crippen LogP) is 3.26. The van der Waals surface area contributed by atoms with Gasteiger partial charge in [0.15, 0.2) is 6.04 Å². The maximum Gasteiger partial charge on any atom is 0.411 e. The molecule has 1 aliphatic heterocycles. The zero-order valence-corrected chi connectivity index (χ0v) is 13.5. The smallest absolute Gasteiger partial charge is 0.411 e. The minimum Gasteiger partial charge on any atom is -0.479 e. The third-order valence-electron chi connectivity index (χ3n) is 4.78. The van der Waals surface area contributed by atoms with E-state index < -0.39 is 18.1 Å². The van der Waals surface area contributed by atoms with Crippen LogP contribution in [0.5, 0.6) is 0 Å². The van der Waals surface area contributed by atoms with Gasteiger partial charge in [0.1, 0.15) is 6.61 Å². The Morgan fingerprint density at radius 1 is 1.04 bits per heavy atom. The topological polar surface area (TPSA) is 66.8 Å². The van der Waals surface area contributed by atoms with Crippen molar-refractivity contribution in [2.45, 2.75) is 12.0 Å². The lowest BCUT2D eigenvalue weighted by molar-refractivity contribution is -0.140. The molecule has 5 heteroatoms. The van der Waals surface area contributed by atoms with Gasteiger partial charge in [0.25, 0.3) is 0 Å². The summed E-state index contributed by atoms with van der Waals surface area (Å²) in [6, 6.07) is 15.2.